The smallest absolute Gasteiger partial charge is 0.338 e. The van der Waals surface area contributed by atoms with Gasteiger partial charge in [-0.05, 0) is 51.0 Å². The zero-order valence-electron chi connectivity index (χ0n) is 22.1. The van der Waals surface area contributed by atoms with E-state index in [0.717, 1.165) is 46.7 Å². The van der Waals surface area contributed by atoms with Crippen LogP contribution in [0.4, 0.5) is 0 Å². The van der Waals surface area contributed by atoms with Crippen LogP contribution in [0.5, 0.6) is 5.88 Å². The van der Waals surface area contributed by atoms with E-state index in [2.05, 4.69) is 10.3 Å². The number of carbonyl (C=O) groups is 2. The molecule has 37 heavy (non-hydrogen) atoms. The van der Waals surface area contributed by atoms with Crippen molar-refractivity contribution in [1.29, 1.82) is 0 Å². The highest BCUT2D eigenvalue weighted by Crippen LogP contribution is 2.46. The zero-order chi connectivity index (χ0) is 26.5. The summed E-state index contributed by atoms with van der Waals surface area (Å²) in [5, 5.41) is 3.99. The first-order valence-corrected chi connectivity index (χ1v) is 12.7. The molecule has 0 radical (unpaired) electrons. The Morgan fingerprint density at radius 2 is 1.95 bits per heavy atom. The first-order chi connectivity index (χ1) is 17.6. The molecule has 0 unspecified atom stereocenters. The molecule has 1 saturated carbocycles. The highest BCUT2D eigenvalue weighted by molar-refractivity contribution is 5.91. The van der Waals surface area contributed by atoms with Gasteiger partial charge in [0.25, 0.3) is 0 Å². The number of H-pyrrole nitrogens is 1. The van der Waals surface area contributed by atoms with Gasteiger partial charge >= 0.3 is 5.97 Å². The average Bonchev–Trinajstić information content (AvgIpc) is 3.48. The molecular weight excluding hydrogens is 470 g/mol. The van der Waals surface area contributed by atoms with Crippen LogP contribution in [-0.4, -0.2) is 44.9 Å². The van der Waals surface area contributed by atoms with Crippen molar-refractivity contribution >= 4 is 28.6 Å². The fourth-order valence-corrected chi connectivity index (χ4v) is 4.45. The van der Waals surface area contributed by atoms with Gasteiger partial charge in [0.05, 0.1) is 42.4 Å². The van der Waals surface area contributed by atoms with Crippen molar-refractivity contribution < 1.29 is 19.1 Å². The molecule has 1 atom stereocenters. The zero-order valence-corrected chi connectivity index (χ0v) is 22.1. The topological polar surface area (TPSA) is 111 Å². The van der Waals surface area contributed by atoms with Gasteiger partial charge in [0, 0.05) is 22.8 Å². The number of imidazole rings is 1. The number of amides is 1. The first-order valence-electron chi connectivity index (χ1n) is 12.7. The molecule has 0 spiro atoms. The summed E-state index contributed by atoms with van der Waals surface area (Å²) in [5.41, 5.74) is 4.77. The standard InChI is InChI=1S/C28H33N5O4/c1-7-37-26(34)18-13-21-32-23(24(16-8-9-16)33(21)22(14-18)36-6)20-12-17-10-11-19(30-25(17)31-20)15(2)29-27(35)28(3,4)5/h10-16H,7-9H2,1-6H3,(H,29,35)(H,30,31)/t15-/m1/s1. The number of aromatic nitrogens is 4. The molecule has 1 amide bonds. The number of esters is 1. The minimum atomic E-state index is -0.478. The number of rotatable bonds is 7. The molecule has 4 aromatic heterocycles. The number of nitrogens with one attached hydrogen (secondary N) is 2. The molecule has 0 bridgehead atoms. The van der Waals surface area contributed by atoms with E-state index < -0.39 is 11.4 Å². The van der Waals surface area contributed by atoms with Crippen LogP contribution >= 0.6 is 0 Å². The Labute approximate surface area is 215 Å². The van der Waals surface area contributed by atoms with Crippen LogP contribution in [0.1, 0.15) is 81.2 Å². The molecule has 1 aliphatic carbocycles. The SMILES string of the molecule is CCOC(=O)c1cc(OC)n2c(C3CC3)c(-c3cc4ccc([C@@H](C)NC(=O)C(C)(C)C)nc4[nH]3)nc2c1. The van der Waals surface area contributed by atoms with Gasteiger partial charge in [-0.2, -0.15) is 0 Å². The van der Waals surface area contributed by atoms with Crippen molar-refractivity contribution in [3.63, 3.8) is 0 Å². The Bertz CT molecular complexity index is 1510. The molecular formula is C28H33N5O4. The Kier molecular flexibility index (Phi) is 6.17. The molecule has 9 heteroatoms. The van der Waals surface area contributed by atoms with E-state index >= 15 is 0 Å². The predicted octanol–water partition coefficient (Wildman–Crippen LogP) is 5.16. The molecule has 194 valence electrons. The predicted molar refractivity (Wildman–Crippen MR) is 141 cm³/mol. The summed E-state index contributed by atoms with van der Waals surface area (Å²) in [5.74, 6) is 0.468. The van der Waals surface area contributed by atoms with Crippen LogP contribution in [0.3, 0.4) is 0 Å². The number of ether oxygens (including phenoxy) is 2. The quantitative estimate of drug-likeness (QED) is 0.337. The van der Waals surface area contributed by atoms with Crippen LogP contribution in [0.2, 0.25) is 0 Å². The summed E-state index contributed by atoms with van der Waals surface area (Å²) in [6.45, 7) is 9.67. The number of hydrogen-bond acceptors (Lipinski definition) is 6. The number of pyridine rings is 2. The Morgan fingerprint density at radius 1 is 1.19 bits per heavy atom. The van der Waals surface area contributed by atoms with Gasteiger partial charge in [0.15, 0.2) is 5.88 Å². The minimum Gasteiger partial charge on any atom is -0.482 e. The van der Waals surface area contributed by atoms with Crippen LogP contribution in [0, 0.1) is 5.41 Å². The highest BCUT2D eigenvalue weighted by atomic mass is 16.5. The normalized spacial score (nSPS) is 14.6. The number of methoxy groups -OCH3 is 1. The van der Waals surface area contributed by atoms with E-state index in [1.54, 1.807) is 26.2 Å². The lowest BCUT2D eigenvalue weighted by Crippen LogP contribution is -2.36. The van der Waals surface area contributed by atoms with Gasteiger partial charge in [0.2, 0.25) is 5.91 Å². The minimum absolute atomic E-state index is 0.0241. The van der Waals surface area contributed by atoms with Crippen LogP contribution in [0.15, 0.2) is 30.3 Å². The molecule has 1 fully saturated rings. The summed E-state index contributed by atoms with van der Waals surface area (Å²) in [4.78, 5) is 38.1. The van der Waals surface area contributed by atoms with Crippen molar-refractivity contribution in [3.05, 3.63) is 47.3 Å². The van der Waals surface area contributed by atoms with E-state index in [0.29, 0.717) is 29.6 Å². The number of aromatic amines is 1. The van der Waals surface area contributed by atoms with Crippen molar-refractivity contribution in [2.45, 2.75) is 59.4 Å². The maximum Gasteiger partial charge on any atom is 0.338 e. The van der Waals surface area contributed by atoms with Crippen molar-refractivity contribution in [2.24, 2.45) is 5.41 Å². The van der Waals surface area contributed by atoms with Gasteiger partial charge in [-0.15, -0.1) is 0 Å². The molecule has 5 rings (SSSR count). The van der Waals surface area contributed by atoms with E-state index in [-0.39, 0.29) is 11.9 Å². The third-order valence-electron chi connectivity index (χ3n) is 6.64. The molecule has 4 aromatic rings. The van der Waals surface area contributed by atoms with E-state index in [4.69, 9.17) is 19.4 Å². The van der Waals surface area contributed by atoms with Gasteiger partial charge in [0.1, 0.15) is 17.0 Å². The Morgan fingerprint density at radius 3 is 2.59 bits per heavy atom. The second kappa shape index (κ2) is 9.21. The van der Waals surface area contributed by atoms with Crippen LogP contribution in [0.25, 0.3) is 28.1 Å². The fraction of sp³-hybridized carbons (Fsp3) is 0.429. The first kappa shape index (κ1) is 24.8. The fourth-order valence-electron chi connectivity index (χ4n) is 4.45. The second-order valence-corrected chi connectivity index (χ2v) is 10.6. The Balaban J connectivity index is 1.57. The highest BCUT2D eigenvalue weighted by Gasteiger charge is 2.33. The summed E-state index contributed by atoms with van der Waals surface area (Å²) in [6, 6.07) is 9.20. The molecule has 0 aromatic carbocycles. The van der Waals surface area contributed by atoms with E-state index in [1.165, 1.54) is 0 Å². The summed E-state index contributed by atoms with van der Waals surface area (Å²) >= 11 is 0. The van der Waals surface area contributed by atoms with Gasteiger partial charge in [-0.1, -0.05) is 20.8 Å². The summed E-state index contributed by atoms with van der Waals surface area (Å²) in [7, 11) is 1.59. The Hall–Kier alpha value is -3.88. The van der Waals surface area contributed by atoms with Crippen molar-refractivity contribution in [2.75, 3.05) is 13.7 Å². The van der Waals surface area contributed by atoms with Gasteiger partial charge in [-0.25, -0.2) is 14.8 Å². The average molecular weight is 504 g/mol. The maximum atomic E-state index is 12.5. The molecule has 2 N–H and O–H groups in total. The van der Waals surface area contributed by atoms with E-state index in [9.17, 15) is 9.59 Å². The molecule has 0 aliphatic heterocycles. The second-order valence-electron chi connectivity index (χ2n) is 10.6. The largest absolute Gasteiger partial charge is 0.482 e. The van der Waals surface area contributed by atoms with Gasteiger partial charge < -0.3 is 19.8 Å². The number of nitrogens with zero attached hydrogens (tertiary/aromatic N) is 3. The molecule has 9 nitrogen and oxygen atoms in total. The molecule has 1 aliphatic rings. The third kappa shape index (κ3) is 4.65. The third-order valence-corrected chi connectivity index (χ3v) is 6.64. The monoisotopic (exact) mass is 503 g/mol. The number of hydrogen-bond donors (Lipinski definition) is 2. The molecule has 4 heterocycles. The van der Waals surface area contributed by atoms with Crippen molar-refractivity contribution in [1.82, 2.24) is 24.7 Å². The maximum absolute atomic E-state index is 12.5. The lowest BCUT2D eigenvalue weighted by atomic mass is 9.95. The van der Waals surface area contributed by atoms with E-state index in [1.807, 2.05) is 50.3 Å². The van der Waals surface area contributed by atoms with Gasteiger partial charge in [-0.3, -0.25) is 9.20 Å². The summed E-state index contributed by atoms with van der Waals surface area (Å²) in [6.07, 6.45) is 2.13. The molecule has 0 saturated heterocycles. The number of carbonyl (C=O) groups excluding carboxylic acids is 2. The van der Waals surface area contributed by atoms with Crippen LogP contribution < -0.4 is 10.1 Å². The lowest BCUT2D eigenvalue weighted by molar-refractivity contribution is -0.129. The number of fused-ring (bicyclic) bond motifs is 2. The van der Waals surface area contributed by atoms with Crippen molar-refractivity contribution in [3.8, 4) is 17.3 Å². The lowest BCUT2D eigenvalue weighted by Gasteiger charge is -2.21. The summed E-state index contributed by atoms with van der Waals surface area (Å²) < 4.78 is 12.9. The van der Waals surface area contributed by atoms with Crippen LogP contribution in [-0.2, 0) is 9.53 Å².